The fourth-order valence-corrected chi connectivity index (χ4v) is 3.74. The molecule has 142 valence electrons. The lowest BCUT2D eigenvalue weighted by Crippen LogP contribution is -2.46. The SMILES string of the molecule is Cn1ncc2c(N3CCN(Cc4nc(N)c5ccccc5n4)CC3)ncnc21. The van der Waals surface area contributed by atoms with E-state index < -0.39 is 0 Å². The predicted molar refractivity (Wildman–Crippen MR) is 108 cm³/mol. The number of benzene rings is 1. The van der Waals surface area contributed by atoms with Gasteiger partial charge in [0.2, 0.25) is 0 Å². The summed E-state index contributed by atoms with van der Waals surface area (Å²) in [4.78, 5) is 22.6. The van der Waals surface area contributed by atoms with E-state index in [1.807, 2.05) is 37.5 Å². The van der Waals surface area contributed by atoms with Gasteiger partial charge in [0, 0.05) is 38.6 Å². The molecule has 0 bridgehead atoms. The van der Waals surface area contributed by atoms with E-state index >= 15 is 0 Å². The molecule has 1 saturated heterocycles. The average Bonchev–Trinajstić information content (AvgIpc) is 3.10. The molecule has 0 unspecified atom stereocenters. The number of fused-ring (bicyclic) bond motifs is 2. The van der Waals surface area contributed by atoms with Gasteiger partial charge in [-0.25, -0.2) is 19.9 Å². The molecule has 28 heavy (non-hydrogen) atoms. The topological polar surface area (TPSA) is 102 Å². The van der Waals surface area contributed by atoms with Gasteiger partial charge in [0.25, 0.3) is 0 Å². The van der Waals surface area contributed by atoms with Crippen molar-refractivity contribution >= 4 is 33.6 Å². The minimum atomic E-state index is 0.541. The van der Waals surface area contributed by atoms with Gasteiger partial charge >= 0.3 is 0 Å². The molecular weight excluding hydrogens is 354 g/mol. The van der Waals surface area contributed by atoms with Gasteiger partial charge in [-0.2, -0.15) is 5.10 Å². The van der Waals surface area contributed by atoms with Gasteiger partial charge in [-0.1, -0.05) is 12.1 Å². The standard InChI is InChI=1S/C19H21N9/c1-26-18-14(10-23-26)19(22-12-21-18)28-8-6-27(7-9-28)11-16-24-15-5-3-2-4-13(15)17(20)25-16/h2-5,10,12H,6-9,11H2,1H3,(H2,20,24,25). The first-order valence-electron chi connectivity index (χ1n) is 9.30. The summed E-state index contributed by atoms with van der Waals surface area (Å²) in [7, 11) is 1.90. The quantitative estimate of drug-likeness (QED) is 0.570. The van der Waals surface area contributed by atoms with Gasteiger partial charge in [-0.05, 0) is 12.1 Å². The molecule has 0 amide bonds. The van der Waals surface area contributed by atoms with Gasteiger partial charge in [-0.15, -0.1) is 0 Å². The largest absolute Gasteiger partial charge is 0.383 e. The van der Waals surface area contributed by atoms with E-state index in [4.69, 9.17) is 5.73 Å². The molecular formula is C19H21N9. The van der Waals surface area contributed by atoms with Crippen molar-refractivity contribution in [3.63, 3.8) is 0 Å². The molecule has 4 heterocycles. The first-order chi connectivity index (χ1) is 13.7. The van der Waals surface area contributed by atoms with Crippen LogP contribution in [0.5, 0.6) is 0 Å². The molecule has 0 spiro atoms. The molecule has 9 nitrogen and oxygen atoms in total. The van der Waals surface area contributed by atoms with E-state index in [-0.39, 0.29) is 0 Å². The number of hydrogen-bond acceptors (Lipinski definition) is 8. The van der Waals surface area contributed by atoms with Crippen LogP contribution in [0.25, 0.3) is 21.9 Å². The Hall–Kier alpha value is -3.33. The molecule has 3 aromatic heterocycles. The minimum Gasteiger partial charge on any atom is -0.383 e. The van der Waals surface area contributed by atoms with Gasteiger partial charge in [0.1, 0.15) is 23.8 Å². The Labute approximate surface area is 161 Å². The molecule has 1 aliphatic rings. The Morgan fingerprint density at radius 1 is 1.00 bits per heavy atom. The van der Waals surface area contributed by atoms with Crippen LogP contribution in [-0.2, 0) is 13.6 Å². The van der Waals surface area contributed by atoms with Gasteiger partial charge in [0.15, 0.2) is 5.65 Å². The van der Waals surface area contributed by atoms with Crippen molar-refractivity contribution in [2.24, 2.45) is 7.05 Å². The zero-order chi connectivity index (χ0) is 19.1. The number of rotatable bonds is 3. The molecule has 9 heteroatoms. The van der Waals surface area contributed by atoms with Crippen LogP contribution < -0.4 is 10.6 Å². The van der Waals surface area contributed by atoms with Gasteiger partial charge in [0.05, 0.1) is 23.6 Å². The van der Waals surface area contributed by atoms with Gasteiger partial charge in [-0.3, -0.25) is 9.58 Å². The fourth-order valence-electron chi connectivity index (χ4n) is 3.74. The van der Waals surface area contributed by atoms with Crippen LogP contribution in [0.2, 0.25) is 0 Å². The van der Waals surface area contributed by atoms with E-state index in [1.54, 1.807) is 11.0 Å². The van der Waals surface area contributed by atoms with E-state index in [2.05, 4.69) is 34.8 Å². The summed E-state index contributed by atoms with van der Waals surface area (Å²) >= 11 is 0. The van der Waals surface area contributed by atoms with Crippen LogP contribution >= 0.6 is 0 Å². The second kappa shape index (κ2) is 6.68. The van der Waals surface area contributed by atoms with Crippen molar-refractivity contribution < 1.29 is 0 Å². The van der Waals surface area contributed by atoms with E-state index in [1.165, 1.54) is 0 Å². The second-order valence-corrected chi connectivity index (χ2v) is 7.01. The number of hydrogen-bond donors (Lipinski definition) is 1. The number of anilines is 2. The molecule has 1 aromatic carbocycles. The van der Waals surface area contributed by atoms with Crippen molar-refractivity contribution in [2.45, 2.75) is 6.54 Å². The summed E-state index contributed by atoms with van der Waals surface area (Å²) in [6.07, 6.45) is 3.44. The lowest BCUT2D eigenvalue weighted by molar-refractivity contribution is 0.244. The number of aromatic nitrogens is 6. The summed E-state index contributed by atoms with van der Waals surface area (Å²) < 4.78 is 1.78. The van der Waals surface area contributed by atoms with E-state index in [0.717, 1.165) is 59.8 Å². The molecule has 0 saturated carbocycles. The molecule has 1 aliphatic heterocycles. The average molecular weight is 375 g/mol. The zero-order valence-electron chi connectivity index (χ0n) is 15.7. The summed E-state index contributed by atoms with van der Waals surface area (Å²) in [6, 6.07) is 7.85. The lowest BCUT2D eigenvalue weighted by atomic mass is 10.2. The van der Waals surface area contributed by atoms with Crippen LogP contribution in [0.4, 0.5) is 11.6 Å². The molecule has 0 radical (unpaired) electrons. The fraction of sp³-hybridized carbons (Fsp3) is 0.316. The molecule has 4 aromatic rings. The third-order valence-corrected chi connectivity index (χ3v) is 5.22. The number of nitrogen functional groups attached to an aromatic ring is 1. The number of aryl methyl sites for hydroxylation is 1. The third-order valence-electron chi connectivity index (χ3n) is 5.22. The lowest BCUT2D eigenvalue weighted by Gasteiger charge is -2.35. The number of para-hydroxylation sites is 1. The van der Waals surface area contributed by atoms with Crippen molar-refractivity contribution in [2.75, 3.05) is 36.8 Å². The summed E-state index contributed by atoms with van der Waals surface area (Å²) in [5.41, 5.74) is 7.86. The Morgan fingerprint density at radius 2 is 1.82 bits per heavy atom. The highest BCUT2D eigenvalue weighted by Gasteiger charge is 2.22. The third kappa shape index (κ3) is 2.89. The molecule has 0 aliphatic carbocycles. The van der Waals surface area contributed by atoms with Crippen molar-refractivity contribution in [1.29, 1.82) is 0 Å². The summed E-state index contributed by atoms with van der Waals surface area (Å²) in [5.74, 6) is 2.25. The highest BCUT2D eigenvalue weighted by Crippen LogP contribution is 2.24. The van der Waals surface area contributed by atoms with Crippen molar-refractivity contribution in [1.82, 2.24) is 34.6 Å². The first-order valence-corrected chi connectivity index (χ1v) is 9.30. The maximum absolute atomic E-state index is 6.12. The summed E-state index contributed by atoms with van der Waals surface area (Å²) in [5, 5.41) is 6.20. The molecule has 1 fully saturated rings. The molecule has 2 N–H and O–H groups in total. The highest BCUT2D eigenvalue weighted by atomic mass is 15.3. The number of piperazine rings is 1. The summed E-state index contributed by atoms with van der Waals surface area (Å²) in [6.45, 7) is 4.26. The Morgan fingerprint density at radius 3 is 2.68 bits per heavy atom. The predicted octanol–water partition coefficient (Wildman–Crippen LogP) is 1.21. The molecule has 5 rings (SSSR count). The van der Waals surface area contributed by atoms with Gasteiger partial charge < -0.3 is 10.6 Å². The minimum absolute atomic E-state index is 0.541. The zero-order valence-corrected chi connectivity index (χ0v) is 15.7. The molecule has 0 atom stereocenters. The van der Waals surface area contributed by atoms with E-state index in [9.17, 15) is 0 Å². The van der Waals surface area contributed by atoms with Crippen molar-refractivity contribution in [3.8, 4) is 0 Å². The van der Waals surface area contributed by atoms with Crippen LogP contribution in [0.15, 0.2) is 36.8 Å². The Kier molecular flexibility index (Phi) is 4.01. The first kappa shape index (κ1) is 16.8. The maximum atomic E-state index is 6.12. The Bertz CT molecular complexity index is 1140. The normalized spacial score (nSPS) is 15.5. The van der Waals surface area contributed by atoms with Crippen LogP contribution in [0, 0.1) is 0 Å². The smallest absolute Gasteiger partial charge is 0.163 e. The number of nitrogens with zero attached hydrogens (tertiary/aromatic N) is 8. The van der Waals surface area contributed by atoms with Crippen LogP contribution in [0.1, 0.15) is 5.82 Å². The highest BCUT2D eigenvalue weighted by molar-refractivity contribution is 5.88. The monoisotopic (exact) mass is 375 g/mol. The van der Waals surface area contributed by atoms with Crippen molar-refractivity contribution in [3.05, 3.63) is 42.6 Å². The van der Waals surface area contributed by atoms with E-state index in [0.29, 0.717) is 12.4 Å². The van der Waals surface area contributed by atoms with Crippen LogP contribution in [-0.4, -0.2) is 60.8 Å². The maximum Gasteiger partial charge on any atom is 0.163 e. The number of nitrogens with two attached hydrogens (primary N) is 1. The van der Waals surface area contributed by atoms with Crippen LogP contribution in [0.3, 0.4) is 0 Å². The second-order valence-electron chi connectivity index (χ2n) is 7.01. The Balaban J connectivity index is 1.31.